The lowest BCUT2D eigenvalue weighted by Gasteiger charge is -2.43. The van der Waals surface area contributed by atoms with Crippen LogP contribution in [-0.4, -0.2) is 57.7 Å². The standard InChI is InChI=1S/C30H39N7O3/c1-2-40-29(39)21-9-7-19(8-10-21)13-20-15-32-30(33-16-20)37-22-11-12-23(37)18-36(17-22)26-14-25(34-35-28(26)31)24-5-3-4-6-27(24)38/h3-6,14-16,19,21-23,34-35,38H,2,7-13,17-18,31H2,1H3/t19-,21+,22?,23?. The molecule has 10 nitrogen and oxygen atoms in total. The van der Waals surface area contributed by atoms with E-state index in [1.807, 2.05) is 43.6 Å². The Morgan fingerprint density at radius 3 is 2.42 bits per heavy atom. The van der Waals surface area contributed by atoms with Crippen molar-refractivity contribution in [2.75, 3.05) is 24.6 Å². The van der Waals surface area contributed by atoms with Gasteiger partial charge in [-0.15, -0.1) is 0 Å². The van der Waals surface area contributed by atoms with E-state index in [1.54, 1.807) is 6.07 Å². The maximum Gasteiger partial charge on any atom is 0.308 e. The minimum absolute atomic E-state index is 0.0364. The number of phenols is 1. The van der Waals surface area contributed by atoms with Crippen molar-refractivity contribution in [3.8, 4) is 5.75 Å². The summed E-state index contributed by atoms with van der Waals surface area (Å²) in [5.74, 6) is 2.18. The third-order valence-corrected chi connectivity index (χ3v) is 8.82. The van der Waals surface area contributed by atoms with Gasteiger partial charge in [-0.1, -0.05) is 12.1 Å². The fourth-order valence-corrected chi connectivity index (χ4v) is 6.77. The molecule has 0 amide bonds. The second-order valence-corrected chi connectivity index (χ2v) is 11.4. The van der Waals surface area contributed by atoms with Crippen molar-refractivity contribution in [2.45, 2.75) is 64.0 Å². The number of carbonyl (C=O) groups is 1. The molecule has 2 atom stereocenters. The topological polar surface area (TPSA) is 129 Å². The SMILES string of the molecule is CCOC(=O)[C@H]1CC[C@@H](Cc2cnc(N3C4CCC3CN(C3=C(N)NNC(c5ccccc5O)=C3)C4)nc2)CC1. The van der Waals surface area contributed by atoms with Gasteiger partial charge >= 0.3 is 5.97 Å². The highest BCUT2D eigenvalue weighted by Crippen LogP contribution is 2.36. The van der Waals surface area contributed by atoms with Crippen LogP contribution in [0.5, 0.6) is 5.75 Å². The van der Waals surface area contributed by atoms with Crippen molar-refractivity contribution < 1.29 is 14.6 Å². The van der Waals surface area contributed by atoms with E-state index < -0.39 is 0 Å². The van der Waals surface area contributed by atoms with Gasteiger partial charge in [0.05, 0.1) is 23.9 Å². The molecule has 40 heavy (non-hydrogen) atoms. The number of ether oxygens (including phenoxy) is 1. The molecular weight excluding hydrogens is 506 g/mol. The molecule has 1 aromatic heterocycles. The lowest BCUT2D eigenvalue weighted by atomic mass is 9.79. The summed E-state index contributed by atoms with van der Waals surface area (Å²) in [6, 6.07) is 7.89. The number of hydrazine groups is 1. The number of fused-ring (bicyclic) bond motifs is 2. The molecule has 2 unspecified atom stereocenters. The lowest BCUT2D eigenvalue weighted by molar-refractivity contribution is -0.149. The minimum atomic E-state index is -0.0364. The number of rotatable bonds is 7. The highest BCUT2D eigenvalue weighted by molar-refractivity contribution is 5.72. The Labute approximate surface area is 235 Å². The van der Waals surface area contributed by atoms with Gasteiger partial charge in [0.25, 0.3) is 0 Å². The highest BCUT2D eigenvalue weighted by Gasteiger charge is 2.42. The van der Waals surface area contributed by atoms with Crippen molar-refractivity contribution in [2.24, 2.45) is 17.6 Å². The van der Waals surface area contributed by atoms with Crippen LogP contribution in [0.25, 0.3) is 5.70 Å². The smallest absolute Gasteiger partial charge is 0.308 e. The average Bonchev–Trinajstić information content (AvgIpc) is 3.23. The van der Waals surface area contributed by atoms with Crippen LogP contribution in [0.2, 0.25) is 0 Å². The quantitative estimate of drug-likeness (QED) is 0.385. The van der Waals surface area contributed by atoms with Crippen molar-refractivity contribution in [3.05, 3.63) is 65.4 Å². The number of nitrogens with two attached hydrogens (primary N) is 1. The molecule has 10 heteroatoms. The second kappa shape index (κ2) is 11.3. The number of benzene rings is 1. The number of nitrogens with one attached hydrogen (secondary N) is 2. The Morgan fingerprint density at radius 2 is 1.75 bits per heavy atom. The maximum atomic E-state index is 12.0. The Morgan fingerprint density at radius 1 is 1.05 bits per heavy atom. The summed E-state index contributed by atoms with van der Waals surface area (Å²) >= 11 is 0. The molecule has 3 fully saturated rings. The summed E-state index contributed by atoms with van der Waals surface area (Å²) in [7, 11) is 0. The van der Waals surface area contributed by atoms with Crippen molar-refractivity contribution in [1.82, 2.24) is 25.7 Å². The number of piperazine rings is 1. The van der Waals surface area contributed by atoms with Gasteiger partial charge in [0.15, 0.2) is 0 Å². The summed E-state index contributed by atoms with van der Waals surface area (Å²) in [4.78, 5) is 26.4. The molecule has 2 bridgehead atoms. The van der Waals surface area contributed by atoms with Gasteiger partial charge in [-0.2, -0.15) is 0 Å². The zero-order chi connectivity index (χ0) is 27.6. The average molecular weight is 546 g/mol. The number of allylic oxidation sites excluding steroid dienone is 1. The normalized spacial score (nSPS) is 26.2. The molecule has 2 aromatic rings. The molecule has 6 rings (SSSR count). The van der Waals surface area contributed by atoms with E-state index in [9.17, 15) is 9.90 Å². The van der Waals surface area contributed by atoms with Gasteiger partial charge in [0.2, 0.25) is 5.95 Å². The van der Waals surface area contributed by atoms with Crippen LogP contribution in [0.4, 0.5) is 5.95 Å². The van der Waals surface area contributed by atoms with Crippen LogP contribution >= 0.6 is 0 Å². The number of para-hydroxylation sites is 1. The van der Waals surface area contributed by atoms with Crippen molar-refractivity contribution in [3.63, 3.8) is 0 Å². The largest absolute Gasteiger partial charge is 0.507 e. The first-order valence-electron chi connectivity index (χ1n) is 14.5. The molecular formula is C30H39N7O3. The van der Waals surface area contributed by atoms with Gasteiger partial charge in [-0.05, 0) is 81.6 Å². The molecule has 2 saturated heterocycles. The molecule has 4 aliphatic rings. The number of nitrogens with zero attached hydrogens (tertiary/aromatic N) is 4. The van der Waals surface area contributed by atoms with Crippen molar-refractivity contribution >= 4 is 17.6 Å². The van der Waals surface area contributed by atoms with Gasteiger partial charge in [-0.25, -0.2) is 9.97 Å². The van der Waals surface area contributed by atoms with Gasteiger partial charge < -0.3 is 25.4 Å². The van der Waals surface area contributed by atoms with E-state index in [2.05, 4.69) is 20.7 Å². The van der Waals surface area contributed by atoms with Gasteiger partial charge in [0, 0.05) is 43.1 Å². The second-order valence-electron chi connectivity index (χ2n) is 11.4. The monoisotopic (exact) mass is 545 g/mol. The Kier molecular flexibility index (Phi) is 7.40. The molecule has 0 spiro atoms. The summed E-state index contributed by atoms with van der Waals surface area (Å²) in [6.45, 7) is 3.97. The highest BCUT2D eigenvalue weighted by atomic mass is 16.5. The molecule has 0 radical (unpaired) electrons. The Bertz CT molecular complexity index is 1270. The first-order chi connectivity index (χ1) is 19.5. The van der Waals surface area contributed by atoms with Crippen LogP contribution in [0, 0.1) is 11.8 Å². The van der Waals surface area contributed by atoms with Crippen LogP contribution in [-0.2, 0) is 16.0 Å². The van der Waals surface area contributed by atoms with E-state index >= 15 is 0 Å². The first kappa shape index (κ1) is 26.3. The third-order valence-electron chi connectivity index (χ3n) is 8.82. The number of hydrogen-bond donors (Lipinski definition) is 4. The maximum absolute atomic E-state index is 12.0. The Hall–Kier alpha value is -3.95. The molecule has 4 heterocycles. The van der Waals surface area contributed by atoms with Crippen molar-refractivity contribution in [1.29, 1.82) is 0 Å². The summed E-state index contributed by atoms with van der Waals surface area (Å²) in [5.41, 5.74) is 16.2. The third kappa shape index (κ3) is 5.26. The van der Waals surface area contributed by atoms with Crippen LogP contribution < -0.4 is 21.5 Å². The number of aromatic hydroxyl groups is 1. The molecule has 1 saturated carbocycles. The fraction of sp³-hybridized carbons (Fsp3) is 0.500. The van der Waals surface area contributed by atoms with E-state index in [4.69, 9.17) is 20.4 Å². The number of carbonyl (C=O) groups excluding carboxylic acids is 1. The summed E-state index contributed by atoms with van der Waals surface area (Å²) in [5, 5.41) is 10.3. The fourth-order valence-electron chi connectivity index (χ4n) is 6.77. The molecule has 5 N–H and O–H groups in total. The van der Waals surface area contributed by atoms with Crippen LogP contribution in [0.15, 0.2) is 54.3 Å². The number of esters is 1. The van der Waals surface area contributed by atoms with Gasteiger partial charge in [-0.3, -0.25) is 15.6 Å². The molecule has 1 aliphatic carbocycles. The van der Waals surface area contributed by atoms with E-state index in [1.165, 1.54) is 0 Å². The van der Waals surface area contributed by atoms with Gasteiger partial charge in [0.1, 0.15) is 11.6 Å². The van der Waals surface area contributed by atoms with E-state index in [0.29, 0.717) is 30.4 Å². The number of hydrogen-bond acceptors (Lipinski definition) is 10. The number of likely N-dealkylation sites (tertiary alicyclic amines) is 1. The summed E-state index contributed by atoms with van der Waals surface area (Å²) in [6.07, 6.45) is 13.0. The van der Waals surface area contributed by atoms with E-state index in [0.717, 1.165) is 86.5 Å². The van der Waals surface area contributed by atoms with E-state index in [-0.39, 0.29) is 17.6 Å². The lowest BCUT2D eigenvalue weighted by Crippen LogP contribution is -2.55. The number of anilines is 1. The first-order valence-corrected chi connectivity index (χ1v) is 14.5. The van der Waals surface area contributed by atoms with Crippen LogP contribution in [0.3, 0.4) is 0 Å². The molecule has 212 valence electrons. The Balaban J connectivity index is 1.09. The molecule has 1 aromatic carbocycles. The predicted molar refractivity (Wildman–Crippen MR) is 152 cm³/mol. The predicted octanol–water partition coefficient (Wildman–Crippen LogP) is 3.02. The number of phenolic OH excluding ortho intramolecular Hbond substituents is 1. The summed E-state index contributed by atoms with van der Waals surface area (Å²) < 4.78 is 5.21. The van der Waals surface area contributed by atoms with Crippen LogP contribution in [0.1, 0.15) is 56.6 Å². The minimum Gasteiger partial charge on any atom is -0.507 e. The zero-order valence-corrected chi connectivity index (χ0v) is 23.1. The zero-order valence-electron chi connectivity index (χ0n) is 23.1. The number of aromatic nitrogens is 2. The molecule has 3 aliphatic heterocycles.